The first kappa shape index (κ1) is 18.4. The van der Waals surface area contributed by atoms with Crippen LogP contribution in [0.3, 0.4) is 0 Å². The van der Waals surface area contributed by atoms with Crippen molar-refractivity contribution < 1.29 is 22.9 Å². The van der Waals surface area contributed by atoms with Gasteiger partial charge in [-0.15, -0.1) is 0 Å². The topological polar surface area (TPSA) is 90.1 Å². The van der Waals surface area contributed by atoms with Crippen molar-refractivity contribution in [1.82, 2.24) is 9.78 Å². The lowest BCUT2D eigenvalue weighted by molar-refractivity contribution is -0.386. The molecule has 0 saturated carbocycles. The third-order valence-corrected chi connectivity index (χ3v) is 3.70. The number of benzene rings is 1. The third-order valence-electron chi connectivity index (χ3n) is 3.70. The van der Waals surface area contributed by atoms with E-state index in [9.17, 15) is 28.1 Å². The number of amides is 1. The molecule has 2 rings (SSSR count). The maximum Gasteiger partial charge on any atom is 0.416 e. The van der Waals surface area contributed by atoms with E-state index in [1.165, 1.54) is 25.5 Å². The van der Waals surface area contributed by atoms with Gasteiger partial charge in [0.05, 0.1) is 10.5 Å². The fourth-order valence-corrected chi connectivity index (χ4v) is 2.40. The predicted octanol–water partition coefficient (Wildman–Crippen LogP) is 3.63. The highest BCUT2D eigenvalue weighted by molar-refractivity contribution is 5.93. The molecule has 7 nitrogen and oxygen atoms in total. The molecule has 0 aliphatic carbocycles. The lowest BCUT2D eigenvalue weighted by Gasteiger charge is -2.14. The molecule has 10 heteroatoms. The molecule has 0 fully saturated rings. The van der Waals surface area contributed by atoms with Crippen LogP contribution in [0.4, 0.5) is 24.5 Å². The largest absolute Gasteiger partial charge is 0.416 e. The van der Waals surface area contributed by atoms with E-state index in [1.54, 1.807) is 0 Å². The van der Waals surface area contributed by atoms with E-state index >= 15 is 0 Å². The minimum atomic E-state index is -4.46. The molecule has 134 valence electrons. The van der Waals surface area contributed by atoms with E-state index in [0.717, 1.165) is 24.3 Å². The molecule has 2 aromatic rings. The minimum absolute atomic E-state index is 0.172. The molecule has 1 heterocycles. The average Bonchev–Trinajstić information content (AvgIpc) is 2.80. The second-order valence-electron chi connectivity index (χ2n) is 5.46. The molecular weight excluding hydrogens is 341 g/mol. The Balaban J connectivity index is 2.19. The molecule has 0 spiro atoms. The van der Waals surface area contributed by atoms with Crippen LogP contribution < -0.4 is 5.32 Å². The molecule has 0 aliphatic rings. The minimum Gasteiger partial charge on any atom is -0.324 e. The van der Waals surface area contributed by atoms with Crippen LogP contribution in [0, 0.1) is 24.0 Å². The van der Waals surface area contributed by atoms with Crippen molar-refractivity contribution in [2.75, 3.05) is 5.32 Å². The Bertz CT molecular complexity index is 813. The van der Waals surface area contributed by atoms with Crippen LogP contribution in [0.15, 0.2) is 24.3 Å². The molecule has 0 radical (unpaired) electrons. The summed E-state index contributed by atoms with van der Waals surface area (Å²) >= 11 is 0. The van der Waals surface area contributed by atoms with Crippen molar-refractivity contribution in [3.8, 4) is 0 Å². The van der Waals surface area contributed by atoms with Gasteiger partial charge in [0.2, 0.25) is 5.91 Å². The van der Waals surface area contributed by atoms with E-state index in [1.807, 2.05) is 0 Å². The van der Waals surface area contributed by atoms with Crippen LogP contribution >= 0.6 is 0 Å². The Labute approximate surface area is 140 Å². The van der Waals surface area contributed by atoms with Gasteiger partial charge in [-0.05, 0) is 45.0 Å². The molecule has 1 N–H and O–H groups in total. The molecule has 25 heavy (non-hydrogen) atoms. The standard InChI is InChI=1S/C15H15F3N4O3/c1-8-13(22(24)25)9(2)21(20-8)10(3)14(23)19-12-6-4-11(5-7-12)15(16,17)18/h4-7,10H,1-3H3,(H,19,23). The van der Waals surface area contributed by atoms with Crippen molar-refractivity contribution >= 4 is 17.3 Å². The van der Waals surface area contributed by atoms with Gasteiger partial charge >= 0.3 is 11.9 Å². The SMILES string of the molecule is Cc1nn(C(C)C(=O)Nc2ccc(C(F)(F)F)cc2)c(C)c1[N+](=O)[O-]. The lowest BCUT2D eigenvalue weighted by atomic mass is 10.2. The summed E-state index contributed by atoms with van der Waals surface area (Å²) in [7, 11) is 0. The summed E-state index contributed by atoms with van der Waals surface area (Å²) < 4.78 is 38.8. The number of hydrogen-bond acceptors (Lipinski definition) is 4. The van der Waals surface area contributed by atoms with Crippen molar-refractivity contribution in [1.29, 1.82) is 0 Å². The van der Waals surface area contributed by atoms with Gasteiger partial charge in [-0.1, -0.05) is 0 Å². The number of alkyl halides is 3. The quantitative estimate of drug-likeness (QED) is 0.669. The molecule has 1 atom stereocenters. The maximum absolute atomic E-state index is 12.5. The van der Waals surface area contributed by atoms with Crippen LogP contribution in [0.5, 0.6) is 0 Å². The number of carbonyl (C=O) groups is 1. The highest BCUT2D eigenvalue weighted by Gasteiger charge is 2.30. The number of carbonyl (C=O) groups excluding carboxylic acids is 1. The Morgan fingerprint density at radius 1 is 1.28 bits per heavy atom. The summed E-state index contributed by atoms with van der Waals surface area (Å²) in [4.78, 5) is 22.7. The third kappa shape index (κ3) is 3.78. The van der Waals surface area contributed by atoms with E-state index in [-0.39, 0.29) is 22.8 Å². The number of nitrogens with one attached hydrogen (secondary N) is 1. The number of aryl methyl sites for hydroxylation is 1. The fourth-order valence-electron chi connectivity index (χ4n) is 2.40. The highest BCUT2D eigenvalue weighted by atomic mass is 19.4. The second kappa shape index (κ2) is 6.54. The fraction of sp³-hybridized carbons (Fsp3) is 0.333. The molecular formula is C15H15F3N4O3. The zero-order valence-electron chi connectivity index (χ0n) is 13.6. The number of hydrogen-bond donors (Lipinski definition) is 1. The van der Waals surface area contributed by atoms with E-state index in [4.69, 9.17) is 0 Å². The summed E-state index contributed by atoms with van der Waals surface area (Å²) in [5.41, 5.74) is -0.419. The summed E-state index contributed by atoms with van der Waals surface area (Å²) in [6.45, 7) is 4.42. The van der Waals surface area contributed by atoms with Gasteiger partial charge < -0.3 is 5.32 Å². The van der Waals surface area contributed by atoms with Gasteiger partial charge in [-0.25, -0.2) is 0 Å². The van der Waals surface area contributed by atoms with E-state index < -0.39 is 28.6 Å². The maximum atomic E-state index is 12.5. The number of nitrogens with zero attached hydrogens (tertiary/aromatic N) is 3. The molecule has 0 aliphatic heterocycles. The van der Waals surface area contributed by atoms with Crippen molar-refractivity contribution in [2.45, 2.75) is 33.0 Å². The van der Waals surface area contributed by atoms with Crippen LogP contribution in [-0.2, 0) is 11.0 Å². The van der Waals surface area contributed by atoms with Crippen LogP contribution in [0.25, 0.3) is 0 Å². The number of anilines is 1. The van der Waals surface area contributed by atoms with Gasteiger partial charge in [0.15, 0.2) is 0 Å². The predicted molar refractivity (Wildman–Crippen MR) is 83.1 cm³/mol. The van der Waals surface area contributed by atoms with Gasteiger partial charge in [0.25, 0.3) is 0 Å². The van der Waals surface area contributed by atoms with Crippen molar-refractivity contribution in [2.24, 2.45) is 0 Å². The molecule has 1 amide bonds. The van der Waals surface area contributed by atoms with E-state index in [0.29, 0.717) is 0 Å². The first-order valence-electron chi connectivity index (χ1n) is 7.20. The summed E-state index contributed by atoms with van der Waals surface area (Å²) in [5.74, 6) is -0.555. The number of nitro groups is 1. The highest BCUT2D eigenvalue weighted by Crippen LogP contribution is 2.30. The van der Waals surface area contributed by atoms with Crippen molar-refractivity contribution in [3.63, 3.8) is 0 Å². The van der Waals surface area contributed by atoms with Gasteiger partial charge in [0.1, 0.15) is 17.4 Å². The van der Waals surface area contributed by atoms with Crippen LogP contribution in [0.2, 0.25) is 0 Å². The Hall–Kier alpha value is -2.91. The number of aromatic nitrogens is 2. The Morgan fingerprint density at radius 3 is 2.28 bits per heavy atom. The van der Waals surface area contributed by atoms with Crippen LogP contribution in [-0.4, -0.2) is 20.6 Å². The Kier molecular flexibility index (Phi) is 4.82. The van der Waals surface area contributed by atoms with Crippen LogP contribution in [0.1, 0.15) is 29.9 Å². The smallest absolute Gasteiger partial charge is 0.324 e. The Morgan fingerprint density at radius 2 is 1.84 bits per heavy atom. The second-order valence-corrected chi connectivity index (χ2v) is 5.46. The normalized spacial score (nSPS) is 12.7. The average molecular weight is 356 g/mol. The lowest BCUT2D eigenvalue weighted by Crippen LogP contribution is -2.25. The van der Waals surface area contributed by atoms with E-state index in [2.05, 4.69) is 10.4 Å². The molecule has 1 aromatic heterocycles. The van der Waals surface area contributed by atoms with Gasteiger partial charge in [0, 0.05) is 5.69 Å². The zero-order valence-corrected chi connectivity index (χ0v) is 13.6. The van der Waals surface area contributed by atoms with Gasteiger partial charge in [-0.3, -0.25) is 19.6 Å². The molecule has 1 aromatic carbocycles. The summed E-state index contributed by atoms with van der Waals surface area (Å²) in [6.07, 6.45) is -4.46. The summed E-state index contributed by atoms with van der Waals surface area (Å²) in [5, 5.41) is 17.5. The first-order valence-corrected chi connectivity index (χ1v) is 7.20. The van der Waals surface area contributed by atoms with Gasteiger partial charge in [-0.2, -0.15) is 18.3 Å². The molecule has 0 saturated heterocycles. The van der Waals surface area contributed by atoms with Crippen molar-refractivity contribution in [3.05, 3.63) is 51.3 Å². The summed E-state index contributed by atoms with van der Waals surface area (Å²) in [6, 6.07) is 3.10. The number of rotatable bonds is 4. The molecule has 1 unspecified atom stereocenters. The first-order chi connectivity index (χ1) is 11.5. The molecule has 0 bridgehead atoms. The number of halogens is 3. The zero-order chi connectivity index (χ0) is 18.9. The monoisotopic (exact) mass is 356 g/mol.